The number of aryl methyl sites for hydroxylation is 1. The fraction of sp³-hybridized carbons (Fsp3) is 0.176. The summed E-state index contributed by atoms with van der Waals surface area (Å²) >= 11 is 9.18. The highest BCUT2D eigenvalue weighted by atomic mass is 79.9. The zero-order valence-electron chi connectivity index (χ0n) is 12.8. The van der Waals surface area contributed by atoms with Crippen LogP contribution in [-0.2, 0) is 4.79 Å². The number of benzene rings is 2. The third-order valence-corrected chi connectivity index (χ3v) is 3.93. The Kier molecular flexibility index (Phi) is 6.19. The summed E-state index contributed by atoms with van der Waals surface area (Å²) in [5.74, 6) is 0.210. The molecule has 4 nitrogen and oxygen atoms in total. The number of hydrazone groups is 1. The fourth-order valence-corrected chi connectivity index (χ4v) is 2.57. The summed E-state index contributed by atoms with van der Waals surface area (Å²) in [5.41, 5.74) is 5.34. The Hall–Kier alpha value is -1.85. The molecule has 120 valence electrons. The van der Waals surface area contributed by atoms with E-state index in [4.69, 9.17) is 16.3 Å². The number of hydrogen-bond donors (Lipinski definition) is 1. The zero-order valence-corrected chi connectivity index (χ0v) is 15.1. The number of amides is 1. The minimum Gasteiger partial charge on any atom is -0.483 e. The van der Waals surface area contributed by atoms with Gasteiger partial charge in [-0.1, -0.05) is 41.4 Å². The molecule has 0 aliphatic heterocycles. The van der Waals surface area contributed by atoms with Crippen LogP contribution in [0.3, 0.4) is 0 Å². The van der Waals surface area contributed by atoms with Crippen LogP contribution in [0.2, 0.25) is 5.02 Å². The molecular formula is C17H16BrClN2O2. The van der Waals surface area contributed by atoms with E-state index >= 15 is 0 Å². The fourth-order valence-electron chi connectivity index (χ4n) is 1.77. The first-order valence-corrected chi connectivity index (χ1v) is 8.11. The van der Waals surface area contributed by atoms with Crippen molar-refractivity contribution in [3.05, 3.63) is 63.1 Å². The monoisotopic (exact) mass is 394 g/mol. The highest BCUT2D eigenvalue weighted by Crippen LogP contribution is 2.27. The summed E-state index contributed by atoms with van der Waals surface area (Å²) in [5, 5.41) is 4.67. The number of nitrogens with zero attached hydrogens (tertiary/aromatic N) is 1. The number of ether oxygens (including phenoxy) is 1. The second kappa shape index (κ2) is 8.13. The lowest BCUT2D eigenvalue weighted by Crippen LogP contribution is -2.25. The van der Waals surface area contributed by atoms with E-state index in [1.165, 1.54) is 5.56 Å². The Balaban J connectivity index is 1.89. The van der Waals surface area contributed by atoms with Crippen LogP contribution in [0, 0.1) is 6.92 Å². The van der Waals surface area contributed by atoms with Crippen LogP contribution in [0.4, 0.5) is 0 Å². The minimum atomic E-state index is -0.335. The molecule has 0 heterocycles. The molecule has 0 unspecified atom stereocenters. The van der Waals surface area contributed by atoms with Gasteiger partial charge in [-0.2, -0.15) is 5.10 Å². The molecular weight excluding hydrogens is 380 g/mol. The van der Waals surface area contributed by atoms with Crippen LogP contribution in [0.5, 0.6) is 5.75 Å². The highest BCUT2D eigenvalue weighted by molar-refractivity contribution is 9.10. The van der Waals surface area contributed by atoms with Crippen molar-refractivity contribution in [2.45, 2.75) is 13.8 Å². The maximum Gasteiger partial charge on any atom is 0.277 e. The van der Waals surface area contributed by atoms with E-state index in [0.717, 1.165) is 11.3 Å². The maximum atomic E-state index is 11.8. The van der Waals surface area contributed by atoms with Crippen LogP contribution >= 0.6 is 27.5 Å². The van der Waals surface area contributed by atoms with E-state index < -0.39 is 0 Å². The summed E-state index contributed by atoms with van der Waals surface area (Å²) in [7, 11) is 0. The van der Waals surface area contributed by atoms with E-state index in [2.05, 4.69) is 26.5 Å². The summed E-state index contributed by atoms with van der Waals surface area (Å²) < 4.78 is 6.11. The van der Waals surface area contributed by atoms with Crippen molar-refractivity contribution in [3.8, 4) is 5.75 Å². The van der Waals surface area contributed by atoms with Crippen LogP contribution in [-0.4, -0.2) is 18.2 Å². The highest BCUT2D eigenvalue weighted by Gasteiger charge is 2.06. The number of hydrogen-bond acceptors (Lipinski definition) is 3. The van der Waals surface area contributed by atoms with Gasteiger partial charge >= 0.3 is 0 Å². The molecule has 0 aliphatic carbocycles. The van der Waals surface area contributed by atoms with Gasteiger partial charge in [-0.3, -0.25) is 4.79 Å². The Morgan fingerprint density at radius 1 is 1.26 bits per heavy atom. The van der Waals surface area contributed by atoms with Gasteiger partial charge in [0.15, 0.2) is 6.61 Å². The SMILES string of the molecule is C/C(=N/NC(=O)COc1ccc(Cl)cc1Br)c1ccc(C)cc1. The number of carbonyl (C=O) groups is 1. The molecule has 0 aromatic heterocycles. The molecule has 0 atom stereocenters. The van der Waals surface area contributed by atoms with Gasteiger partial charge in [-0.15, -0.1) is 0 Å². The largest absolute Gasteiger partial charge is 0.483 e. The zero-order chi connectivity index (χ0) is 16.8. The molecule has 0 saturated heterocycles. The van der Waals surface area contributed by atoms with Gasteiger partial charge in [0.2, 0.25) is 0 Å². The number of rotatable bonds is 5. The lowest BCUT2D eigenvalue weighted by molar-refractivity contribution is -0.123. The van der Waals surface area contributed by atoms with Gasteiger partial charge in [-0.05, 0) is 53.5 Å². The average Bonchev–Trinajstić information content (AvgIpc) is 2.52. The second-order valence-electron chi connectivity index (χ2n) is 4.96. The van der Waals surface area contributed by atoms with Crippen molar-refractivity contribution in [2.24, 2.45) is 5.10 Å². The van der Waals surface area contributed by atoms with Crippen molar-refractivity contribution in [2.75, 3.05) is 6.61 Å². The molecule has 0 radical (unpaired) electrons. The molecule has 2 aromatic carbocycles. The van der Waals surface area contributed by atoms with Gasteiger partial charge in [0.05, 0.1) is 10.2 Å². The molecule has 0 saturated carbocycles. The molecule has 0 bridgehead atoms. The first-order valence-electron chi connectivity index (χ1n) is 6.94. The second-order valence-corrected chi connectivity index (χ2v) is 6.25. The van der Waals surface area contributed by atoms with Crippen molar-refractivity contribution in [1.82, 2.24) is 5.43 Å². The summed E-state index contributed by atoms with van der Waals surface area (Å²) in [6.45, 7) is 3.72. The van der Waals surface area contributed by atoms with E-state index in [1.807, 2.05) is 38.1 Å². The van der Waals surface area contributed by atoms with E-state index in [-0.39, 0.29) is 12.5 Å². The van der Waals surface area contributed by atoms with Crippen molar-refractivity contribution in [1.29, 1.82) is 0 Å². The first-order chi connectivity index (χ1) is 11.0. The number of nitrogens with one attached hydrogen (secondary N) is 1. The Morgan fingerprint density at radius 2 is 1.96 bits per heavy atom. The van der Waals surface area contributed by atoms with Gasteiger partial charge in [0.1, 0.15) is 5.75 Å². The molecule has 0 fully saturated rings. The predicted molar refractivity (Wildman–Crippen MR) is 96.2 cm³/mol. The molecule has 0 spiro atoms. The third kappa shape index (κ3) is 5.37. The predicted octanol–water partition coefficient (Wildman–Crippen LogP) is 4.33. The van der Waals surface area contributed by atoms with Gasteiger partial charge in [-0.25, -0.2) is 5.43 Å². The summed E-state index contributed by atoms with van der Waals surface area (Å²) in [6.07, 6.45) is 0. The minimum absolute atomic E-state index is 0.134. The van der Waals surface area contributed by atoms with E-state index in [9.17, 15) is 4.79 Å². The smallest absolute Gasteiger partial charge is 0.277 e. The maximum absolute atomic E-state index is 11.8. The van der Waals surface area contributed by atoms with Crippen molar-refractivity contribution < 1.29 is 9.53 Å². The average molecular weight is 396 g/mol. The molecule has 0 aliphatic rings. The molecule has 2 aromatic rings. The lowest BCUT2D eigenvalue weighted by Gasteiger charge is -2.08. The van der Waals surface area contributed by atoms with Gasteiger partial charge in [0, 0.05) is 5.02 Å². The third-order valence-electron chi connectivity index (χ3n) is 3.07. The van der Waals surface area contributed by atoms with Crippen LogP contribution in [0.25, 0.3) is 0 Å². The van der Waals surface area contributed by atoms with Crippen molar-refractivity contribution in [3.63, 3.8) is 0 Å². The lowest BCUT2D eigenvalue weighted by atomic mass is 10.1. The molecule has 1 N–H and O–H groups in total. The van der Waals surface area contributed by atoms with Gasteiger partial charge < -0.3 is 4.74 Å². The van der Waals surface area contributed by atoms with Gasteiger partial charge in [0.25, 0.3) is 5.91 Å². The van der Waals surface area contributed by atoms with Crippen LogP contribution < -0.4 is 10.2 Å². The summed E-state index contributed by atoms with van der Waals surface area (Å²) in [4.78, 5) is 11.8. The molecule has 23 heavy (non-hydrogen) atoms. The number of halogens is 2. The topological polar surface area (TPSA) is 50.7 Å². The molecule has 6 heteroatoms. The Morgan fingerprint density at radius 3 is 2.61 bits per heavy atom. The number of carbonyl (C=O) groups excluding carboxylic acids is 1. The Labute approximate surface area is 148 Å². The normalized spacial score (nSPS) is 11.2. The summed E-state index contributed by atoms with van der Waals surface area (Å²) in [6, 6.07) is 13.0. The van der Waals surface area contributed by atoms with E-state index in [1.54, 1.807) is 18.2 Å². The first kappa shape index (κ1) is 17.5. The van der Waals surface area contributed by atoms with Crippen molar-refractivity contribution >= 4 is 39.1 Å². The standard InChI is InChI=1S/C17H16BrClN2O2/c1-11-3-5-13(6-4-11)12(2)20-21-17(22)10-23-16-8-7-14(19)9-15(16)18/h3-9H,10H2,1-2H3,(H,21,22)/b20-12-. The quantitative estimate of drug-likeness (QED) is 0.605. The van der Waals surface area contributed by atoms with Crippen LogP contribution in [0.1, 0.15) is 18.1 Å². The van der Waals surface area contributed by atoms with Crippen LogP contribution in [0.15, 0.2) is 52.0 Å². The molecule has 1 amide bonds. The van der Waals surface area contributed by atoms with E-state index in [0.29, 0.717) is 15.2 Å². The Bertz CT molecular complexity index is 730. The molecule has 2 rings (SSSR count).